The van der Waals surface area contributed by atoms with Gasteiger partial charge >= 0.3 is 0 Å². The predicted octanol–water partition coefficient (Wildman–Crippen LogP) is 6.48. The second-order valence-corrected chi connectivity index (χ2v) is 12.8. The summed E-state index contributed by atoms with van der Waals surface area (Å²) in [7, 11) is 0. The van der Waals surface area contributed by atoms with Crippen molar-refractivity contribution in [1.29, 1.82) is 0 Å². The molecule has 0 aromatic rings. The number of hydrogen-bond acceptors (Lipinski definition) is 3. The largest absolute Gasteiger partial charge is 0.513 e. The van der Waals surface area contributed by atoms with Crippen LogP contribution in [0.3, 0.4) is 0 Å². The van der Waals surface area contributed by atoms with Crippen molar-refractivity contribution in [3.05, 3.63) is 11.8 Å². The minimum atomic E-state index is -0.290. The summed E-state index contributed by atoms with van der Waals surface area (Å²) in [6.07, 6.45) is 13.6. The summed E-state index contributed by atoms with van der Waals surface area (Å²) < 4.78 is 13.4. The number of aliphatic hydroxyl groups is 1. The third-order valence-electron chi connectivity index (χ3n) is 11.6. The van der Waals surface area contributed by atoms with Crippen LogP contribution < -0.4 is 0 Å². The standard InChI is InChI=1S/C27H42O3/c1-16-7-12-27(29-15-16)17(2)24-23(30-27)14-22-20-6-5-18-13-19(28)8-10-25(18,3)21(20)9-11-26(22,24)4/h8,16-18,20-24,28H,5-7,9-15H2,1-4H3/t16?,17-,18?,20+,21-,22-,23-,24-,25-,26-,27+/m0/s1. The molecule has 0 radical (unpaired) electrons. The summed E-state index contributed by atoms with van der Waals surface area (Å²) in [5.41, 5.74) is 0.807. The summed E-state index contributed by atoms with van der Waals surface area (Å²) in [6.45, 7) is 10.8. The van der Waals surface area contributed by atoms with Crippen LogP contribution in [0.1, 0.15) is 85.5 Å². The Bertz CT molecular complexity index is 736. The van der Waals surface area contributed by atoms with Crippen molar-refractivity contribution in [3.63, 3.8) is 0 Å². The van der Waals surface area contributed by atoms with Gasteiger partial charge in [0.25, 0.3) is 0 Å². The molecule has 2 aliphatic heterocycles. The molecule has 30 heavy (non-hydrogen) atoms. The normalized spacial score (nSPS) is 59.8. The minimum Gasteiger partial charge on any atom is -0.513 e. The van der Waals surface area contributed by atoms with Crippen LogP contribution in [0.4, 0.5) is 0 Å². The van der Waals surface area contributed by atoms with Gasteiger partial charge in [-0.15, -0.1) is 0 Å². The lowest BCUT2D eigenvalue weighted by Crippen LogP contribution is -2.54. The maximum absolute atomic E-state index is 10.2. The van der Waals surface area contributed by atoms with Gasteiger partial charge in [0.15, 0.2) is 5.79 Å². The molecule has 3 saturated carbocycles. The van der Waals surface area contributed by atoms with Crippen LogP contribution in [0.25, 0.3) is 0 Å². The van der Waals surface area contributed by atoms with Crippen molar-refractivity contribution in [2.75, 3.05) is 6.61 Å². The Labute approximate surface area is 183 Å². The van der Waals surface area contributed by atoms with Crippen molar-refractivity contribution >= 4 is 0 Å². The van der Waals surface area contributed by atoms with Crippen LogP contribution in [0, 0.1) is 52.3 Å². The third-order valence-corrected chi connectivity index (χ3v) is 11.6. The zero-order valence-electron chi connectivity index (χ0n) is 19.5. The molecule has 5 fully saturated rings. The van der Waals surface area contributed by atoms with Crippen LogP contribution in [-0.4, -0.2) is 23.6 Å². The molecule has 3 nitrogen and oxygen atoms in total. The van der Waals surface area contributed by atoms with Gasteiger partial charge in [-0.05, 0) is 97.4 Å². The van der Waals surface area contributed by atoms with Crippen LogP contribution in [0.2, 0.25) is 0 Å². The van der Waals surface area contributed by atoms with Crippen LogP contribution >= 0.6 is 0 Å². The molecule has 0 amide bonds. The molecule has 3 heteroatoms. The first-order valence-electron chi connectivity index (χ1n) is 13.0. The fourth-order valence-corrected chi connectivity index (χ4v) is 9.88. The maximum Gasteiger partial charge on any atom is 0.171 e. The smallest absolute Gasteiger partial charge is 0.171 e. The molecule has 2 heterocycles. The first-order chi connectivity index (χ1) is 14.3. The van der Waals surface area contributed by atoms with E-state index in [1.807, 2.05) is 0 Å². The average Bonchev–Trinajstić information content (AvgIpc) is 3.16. The lowest BCUT2D eigenvalue weighted by atomic mass is 9.45. The Morgan fingerprint density at radius 1 is 1.00 bits per heavy atom. The van der Waals surface area contributed by atoms with E-state index in [4.69, 9.17) is 9.47 Å². The van der Waals surface area contributed by atoms with E-state index in [1.165, 1.54) is 38.5 Å². The van der Waals surface area contributed by atoms with Gasteiger partial charge in [0.2, 0.25) is 0 Å². The molecule has 6 rings (SSSR count). The minimum absolute atomic E-state index is 0.290. The van der Waals surface area contributed by atoms with Gasteiger partial charge in [0, 0.05) is 18.8 Å². The fraction of sp³-hybridized carbons (Fsp3) is 0.926. The quantitative estimate of drug-likeness (QED) is 0.493. The summed E-state index contributed by atoms with van der Waals surface area (Å²) in [6, 6.07) is 0. The number of ether oxygens (including phenoxy) is 2. The summed E-state index contributed by atoms with van der Waals surface area (Å²) in [5.74, 6) is 5.39. The molecule has 0 bridgehead atoms. The van der Waals surface area contributed by atoms with Gasteiger partial charge in [-0.3, -0.25) is 0 Å². The first kappa shape index (κ1) is 20.1. The molecule has 168 valence electrons. The summed E-state index contributed by atoms with van der Waals surface area (Å²) in [4.78, 5) is 0. The molecule has 6 aliphatic rings. The molecule has 0 aromatic heterocycles. The fourth-order valence-electron chi connectivity index (χ4n) is 9.88. The number of fused-ring (bicyclic) bond motifs is 7. The van der Waals surface area contributed by atoms with Crippen LogP contribution in [-0.2, 0) is 9.47 Å². The van der Waals surface area contributed by atoms with Crippen molar-refractivity contribution < 1.29 is 14.6 Å². The number of rotatable bonds is 0. The van der Waals surface area contributed by atoms with E-state index in [9.17, 15) is 5.11 Å². The molecule has 1 spiro atoms. The Hall–Kier alpha value is -0.540. The van der Waals surface area contributed by atoms with Crippen LogP contribution in [0.5, 0.6) is 0 Å². The van der Waals surface area contributed by atoms with Gasteiger partial charge in [-0.1, -0.05) is 27.7 Å². The Morgan fingerprint density at radius 3 is 2.60 bits per heavy atom. The van der Waals surface area contributed by atoms with E-state index in [0.29, 0.717) is 46.4 Å². The molecular formula is C27H42O3. The lowest BCUT2D eigenvalue weighted by molar-refractivity contribution is -0.273. The van der Waals surface area contributed by atoms with Crippen molar-refractivity contribution in [2.45, 2.75) is 97.4 Å². The van der Waals surface area contributed by atoms with Gasteiger partial charge in [0.1, 0.15) is 0 Å². The summed E-state index contributed by atoms with van der Waals surface area (Å²) >= 11 is 0. The maximum atomic E-state index is 10.2. The van der Waals surface area contributed by atoms with E-state index in [-0.39, 0.29) is 5.79 Å². The predicted molar refractivity (Wildman–Crippen MR) is 118 cm³/mol. The SMILES string of the molecule is CC1CC[C@@]2(OC1)O[C@H]1C[C@H]3[C@@H]4CCC5CC(O)=CC[C@]5(C)[C@H]4CC[C@]3(C)[C@H]1[C@@H]2C. The van der Waals surface area contributed by atoms with Crippen LogP contribution in [0.15, 0.2) is 11.8 Å². The van der Waals surface area contributed by atoms with E-state index >= 15 is 0 Å². The molecule has 4 aliphatic carbocycles. The van der Waals surface area contributed by atoms with E-state index < -0.39 is 0 Å². The second-order valence-electron chi connectivity index (χ2n) is 12.8. The highest BCUT2D eigenvalue weighted by molar-refractivity contribution is 5.17. The van der Waals surface area contributed by atoms with E-state index in [0.717, 1.165) is 43.6 Å². The Morgan fingerprint density at radius 2 is 1.83 bits per heavy atom. The Balaban J connectivity index is 1.27. The monoisotopic (exact) mass is 414 g/mol. The van der Waals surface area contributed by atoms with Crippen molar-refractivity contribution in [1.82, 2.24) is 0 Å². The Kier molecular flexibility index (Phi) is 4.35. The van der Waals surface area contributed by atoms with Gasteiger partial charge in [-0.25, -0.2) is 0 Å². The molecule has 0 aromatic carbocycles. The highest BCUT2D eigenvalue weighted by atomic mass is 16.7. The van der Waals surface area contributed by atoms with Crippen molar-refractivity contribution in [2.24, 2.45) is 52.3 Å². The lowest BCUT2D eigenvalue weighted by Gasteiger charge is -2.60. The number of aliphatic hydroxyl groups excluding tert-OH is 1. The number of hydrogen-bond donors (Lipinski definition) is 1. The van der Waals surface area contributed by atoms with Gasteiger partial charge in [-0.2, -0.15) is 0 Å². The molecule has 1 N–H and O–H groups in total. The van der Waals surface area contributed by atoms with Gasteiger partial charge < -0.3 is 14.6 Å². The average molecular weight is 415 g/mol. The topological polar surface area (TPSA) is 38.7 Å². The zero-order valence-corrected chi connectivity index (χ0v) is 19.5. The van der Waals surface area contributed by atoms with E-state index in [1.54, 1.807) is 0 Å². The zero-order chi connectivity index (χ0) is 20.9. The number of allylic oxidation sites excluding steroid dienone is 2. The van der Waals surface area contributed by atoms with E-state index in [2.05, 4.69) is 33.8 Å². The highest BCUT2D eigenvalue weighted by Gasteiger charge is 2.69. The van der Waals surface area contributed by atoms with Crippen molar-refractivity contribution in [3.8, 4) is 0 Å². The molecule has 11 atom stereocenters. The summed E-state index contributed by atoms with van der Waals surface area (Å²) in [5, 5.41) is 10.2. The van der Waals surface area contributed by atoms with Gasteiger partial charge in [0.05, 0.1) is 18.5 Å². The molecular weight excluding hydrogens is 372 g/mol. The first-order valence-corrected chi connectivity index (χ1v) is 13.0. The molecule has 2 unspecified atom stereocenters. The third kappa shape index (κ3) is 2.51. The molecule has 2 saturated heterocycles. The second kappa shape index (κ2) is 6.50. The highest BCUT2D eigenvalue weighted by Crippen LogP contribution is 2.71.